The first-order valence-electron chi connectivity index (χ1n) is 34.7. The Morgan fingerprint density at radius 1 is 0.410 bits per heavy atom. The number of pyridine rings is 3. The van der Waals surface area contributed by atoms with Crippen molar-refractivity contribution in [2.45, 2.75) is 94.6 Å². The van der Waals surface area contributed by atoms with E-state index in [0.29, 0.717) is 88.8 Å². The van der Waals surface area contributed by atoms with Gasteiger partial charge in [-0.1, -0.05) is 36.4 Å². The third-order valence-corrected chi connectivity index (χ3v) is 19.8. The number of hydrogen-bond donors (Lipinski definition) is 2. The minimum Gasteiger partial charge on any atom is -0.390 e. The van der Waals surface area contributed by atoms with Gasteiger partial charge >= 0.3 is 18.5 Å². The largest absolute Gasteiger partial charge is 0.416 e. The van der Waals surface area contributed by atoms with Gasteiger partial charge in [0.15, 0.2) is 0 Å². The number of aliphatic hydroxyl groups is 2. The summed E-state index contributed by atoms with van der Waals surface area (Å²) >= 11 is 0. The molecule has 0 amide bonds. The van der Waals surface area contributed by atoms with Gasteiger partial charge in [0.1, 0.15) is 0 Å². The summed E-state index contributed by atoms with van der Waals surface area (Å²) in [6.07, 6.45) is 2.05. The Balaban J connectivity index is 0.000000133. The lowest BCUT2D eigenvalue weighted by Crippen LogP contribution is -2.38. The number of rotatable bonds is 17. The van der Waals surface area contributed by atoms with Crippen molar-refractivity contribution in [2.24, 2.45) is 0 Å². The Morgan fingerprint density at radius 3 is 1.07 bits per heavy atom. The minimum atomic E-state index is -4.40. The highest BCUT2D eigenvalue weighted by molar-refractivity contribution is 5.83. The van der Waals surface area contributed by atoms with E-state index in [-0.39, 0.29) is 16.7 Å². The van der Waals surface area contributed by atoms with Gasteiger partial charge in [-0.2, -0.15) is 54.8 Å². The molecule has 105 heavy (non-hydrogen) atoms. The molecule has 0 saturated carbocycles. The van der Waals surface area contributed by atoms with Gasteiger partial charge in [0.2, 0.25) is 0 Å². The van der Waals surface area contributed by atoms with Crippen molar-refractivity contribution in [1.82, 2.24) is 57.7 Å². The highest BCUT2D eigenvalue weighted by atomic mass is 19.4. The molecule has 10 heterocycles. The Bertz CT molecular complexity index is 5030. The van der Waals surface area contributed by atoms with Crippen molar-refractivity contribution >= 4 is 32.7 Å². The Kier molecular flexibility index (Phi) is 20.5. The standard InChI is InChI=1S/C26H23F3N4O2.2C26H25F3N4O2/c27-26(28,29)20-3-1-17(2-4-20)18-7-8-32(25(34)12-18)21-5-6-24-19(11-21)14-30-33(24)10-9-31-15-23-13-22(31)16-35-23;2*27-26(28,29)21-5-3-18(4-6-21)19-9-12-32(25(35)14-19)22-7-8-24-20(13-22)15-30-33(24)17-23(34)16-31-10-1-2-11-31/h1-8,11-12,14,22-23H,9-10,13,15-16H2;2*3-9,12-15,23,34H,1-2,10-11,16-17H2/t;2*23-/m.10/s1. The van der Waals surface area contributed by atoms with Gasteiger partial charge in [0, 0.05) is 102 Å². The first-order valence-corrected chi connectivity index (χ1v) is 34.7. The first-order chi connectivity index (χ1) is 50.4. The average molecular weight is 1450 g/mol. The maximum atomic E-state index is 12.8. The molecule has 4 saturated heterocycles. The molecule has 27 heteroatoms. The van der Waals surface area contributed by atoms with Gasteiger partial charge in [0.05, 0.1) is 96.4 Å². The summed E-state index contributed by atoms with van der Waals surface area (Å²) in [5.41, 5.74) is 4.98. The molecule has 18 nitrogen and oxygen atoms in total. The van der Waals surface area contributed by atoms with Gasteiger partial charge in [0.25, 0.3) is 16.7 Å². The summed E-state index contributed by atoms with van der Waals surface area (Å²) < 4.78 is 131. The summed E-state index contributed by atoms with van der Waals surface area (Å²) in [7, 11) is 0. The zero-order chi connectivity index (χ0) is 73.3. The normalized spacial score (nSPS) is 17.2. The van der Waals surface area contributed by atoms with Gasteiger partial charge < -0.3 is 24.7 Å². The van der Waals surface area contributed by atoms with E-state index >= 15 is 0 Å². The van der Waals surface area contributed by atoms with Crippen LogP contribution in [0.25, 0.3) is 83.2 Å². The second-order valence-electron chi connectivity index (χ2n) is 27.0. The van der Waals surface area contributed by atoms with Crippen LogP contribution in [0.5, 0.6) is 0 Å². The molecule has 2 bridgehead atoms. The third kappa shape index (κ3) is 16.5. The van der Waals surface area contributed by atoms with Crippen LogP contribution in [0.2, 0.25) is 0 Å². The van der Waals surface area contributed by atoms with Gasteiger partial charge in [-0.15, -0.1) is 0 Å². The zero-order valence-corrected chi connectivity index (χ0v) is 56.7. The molecule has 544 valence electrons. The number of fused-ring (bicyclic) bond motifs is 5. The summed E-state index contributed by atoms with van der Waals surface area (Å²) in [5, 5.41) is 37.0. The minimum absolute atomic E-state index is 0.263. The van der Waals surface area contributed by atoms with Crippen molar-refractivity contribution in [2.75, 3.05) is 59.0 Å². The van der Waals surface area contributed by atoms with Crippen molar-refractivity contribution in [1.29, 1.82) is 0 Å². The fourth-order valence-corrected chi connectivity index (χ4v) is 14.3. The molecule has 4 fully saturated rings. The van der Waals surface area contributed by atoms with Crippen LogP contribution in [0, 0.1) is 0 Å². The molecule has 12 aromatic rings. The van der Waals surface area contributed by atoms with Crippen LogP contribution in [0.3, 0.4) is 0 Å². The molecule has 4 aliphatic rings. The fourth-order valence-electron chi connectivity index (χ4n) is 14.3. The molecule has 6 aromatic carbocycles. The smallest absolute Gasteiger partial charge is 0.390 e. The molecule has 16 rings (SSSR count). The Hall–Kier alpha value is -10.3. The van der Waals surface area contributed by atoms with Crippen LogP contribution in [0.15, 0.2) is 215 Å². The molecule has 0 aliphatic carbocycles. The lowest BCUT2D eigenvalue weighted by atomic mass is 10.0. The summed E-state index contributed by atoms with van der Waals surface area (Å²) in [4.78, 5) is 45.5. The second kappa shape index (κ2) is 30.1. The second-order valence-corrected chi connectivity index (χ2v) is 27.0. The quantitative estimate of drug-likeness (QED) is 0.0826. The van der Waals surface area contributed by atoms with E-state index in [0.717, 1.165) is 128 Å². The average Bonchev–Trinajstić information content (AvgIpc) is 1.71. The molecule has 4 aliphatic heterocycles. The Morgan fingerprint density at radius 2 is 0.752 bits per heavy atom. The number of aliphatic hydroxyl groups excluding tert-OH is 2. The molecule has 0 spiro atoms. The monoisotopic (exact) mass is 1440 g/mol. The number of nitrogens with zero attached hydrogens (tertiary/aromatic N) is 12. The maximum absolute atomic E-state index is 12.8. The number of hydrogen-bond acceptors (Lipinski definition) is 12. The van der Waals surface area contributed by atoms with Crippen molar-refractivity contribution in [3.05, 3.63) is 249 Å². The zero-order valence-electron chi connectivity index (χ0n) is 56.7. The summed E-state index contributed by atoms with van der Waals surface area (Å²) in [6, 6.07) is 41.0. The van der Waals surface area contributed by atoms with Gasteiger partial charge in [-0.25, -0.2) is 0 Å². The molecular formula is C78H73F9N12O6. The van der Waals surface area contributed by atoms with E-state index < -0.39 is 47.4 Å². The van der Waals surface area contributed by atoms with Gasteiger partial charge in [-0.3, -0.25) is 47.0 Å². The lowest BCUT2D eigenvalue weighted by molar-refractivity contribution is -0.138. The van der Waals surface area contributed by atoms with Crippen molar-refractivity contribution in [3.8, 4) is 50.4 Å². The fraction of sp³-hybridized carbons (Fsp3) is 0.308. The topological polar surface area (TPSA) is 179 Å². The van der Waals surface area contributed by atoms with Crippen LogP contribution in [-0.2, 0) is 42.9 Å². The van der Waals surface area contributed by atoms with Crippen LogP contribution < -0.4 is 16.7 Å². The van der Waals surface area contributed by atoms with E-state index in [2.05, 4.69) is 30.0 Å². The molecule has 6 aromatic heterocycles. The number of β-amino-alcohol motifs (C(OH)–C–C–N with tert-alkyl or cyclic N) is 2. The predicted molar refractivity (Wildman–Crippen MR) is 380 cm³/mol. The SMILES string of the molecule is O=c1cc(-c2ccc(C(F)(F)F)cc2)ccn1-c1ccc2c(cnn2CCN2CC3CC2CO3)c1.O=c1cc(-c2ccc(C(F)(F)F)cc2)ccn1-c1ccc2c(cnn2C[C@@H](O)CN2CCCC2)c1.O=c1cc(-c2ccc(C(F)(F)F)cc2)ccn1-c1ccc2c(cnn2C[C@H](O)CN2CCCC2)c1. The number of ether oxygens (including phenoxy) is 1. The number of halogens is 9. The van der Waals surface area contributed by atoms with E-state index in [1.165, 1.54) is 94.0 Å². The number of benzene rings is 6. The highest BCUT2D eigenvalue weighted by Gasteiger charge is 2.39. The summed E-state index contributed by atoms with van der Waals surface area (Å²) in [6.45, 7) is 9.63. The molecule has 2 unspecified atom stereocenters. The lowest BCUT2D eigenvalue weighted by Gasteiger charge is -2.26. The number of morpholine rings is 1. The third-order valence-electron chi connectivity index (χ3n) is 19.8. The highest BCUT2D eigenvalue weighted by Crippen LogP contribution is 2.35. The van der Waals surface area contributed by atoms with Gasteiger partial charge in [-0.05, 0) is 201 Å². The summed E-state index contributed by atoms with van der Waals surface area (Å²) in [5.74, 6) is 0. The molecule has 4 atom stereocenters. The number of alkyl halides is 9. The molecule has 0 radical (unpaired) electrons. The van der Waals surface area contributed by atoms with E-state index in [1.807, 2.05) is 59.3 Å². The van der Waals surface area contributed by atoms with E-state index in [1.54, 1.807) is 64.7 Å². The van der Waals surface area contributed by atoms with Crippen LogP contribution in [0.4, 0.5) is 39.5 Å². The van der Waals surface area contributed by atoms with Crippen LogP contribution >= 0.6 is 0 Å². The van der Waals surface area contributed by atoms with Crippen molar-refractivity contribution < 1.29 is 54.5 Å². The Labute approximate surface area is 595 Å². The number of likely N-dealkylation sites (tertiary alicyclic amines) is 3. The van der Waals surface area contributed by atoms with E-state index in [9.17, 15) is 64.1 Å². The maximum Gasteiger partial charge on any atom is 0.416 e. The van der Waals surface area contributed by atoms with E-state index in [4.69, 9.17) is 4.74 Å². The first kappa shape index (κ1) is 71.7. The van der Waals surface area contributed by atoms with Crippen LogP contribution in [-0.4, -0.2) is 151 Å². The van der Waals surface area contributed by atoms with Crippen molar-refractivity contribution in [3.63, 3.8) is 0 Å². The van der Waals surface area contributed by atoms with Crippen LogP contribution in [0.1, 0.15) is 48.8 Å². The molecule has 2 N–H and O–H groups in total. The predicted octanol–water partition coefficient (Wildman–Crippen LogP) is 13.0. The molecular weight excluding hydrogens is 1370 g/mol. The number of aromatic nitrogens is 9.